The largest absolute Gasteiger partial charge is 0.389 e. The van der Waals surface area contributed by atoms with Crippen LogP contribution in [0.2, 0.25) is 0 Å². The number of pyridine rings is 1. The smallest absolute Gasteiger partial charge is 0.351 e. The molecule has 2 aromatic heterocycles. The molecule has 0 saturated heterocycles. The first-order valence-electron chi connectivity index (χ1n) is 6.24. The third-order valence-electron chi connectivity index (χ3n) is 2.82. The second-order valence-electron chi connectivity index (χ2n) is 4.40. The van der Waals surface area contributed by atoms with Gasteiger partial charge < -0.3 is 5.32 Å². The number of amides is 1. The third-order valence-corrected chi connectivity index (χ3v) is 2.82. The van der Waals surface area contributed by atoms with Crippen molar-refractivity contribution in [1.29, 1.82) is 0 Å². The van der Waals surface area contributed by atoms with Gasteiger partial charge >= 0.3 is 6.18 Å². The van der Waals surface area contributed by atoms with Gasteiger partial charge in [-0.05, 0) is 25.0 Å². The molecule has 2 heterocycles. The summed E-state index contributed by atoms with van der Waals surface area (Å²) in [5.41, 5.74) is 1.02. The molecule has 20 heavy (non-hydrogen) atoms. The summed E-state index contributed by atoms with van der Waals surface area (Å²) < 4.78 is 37.5. The Kier molecular flexibility index (Phi) is 4.26. The summed E-state index contributed by atoms with van der Waals surface area (Å²) in [4.78, 5) is 16.0. The molecule has 1 N–H and O–H groups in total. The van der Waals surface area contributed by atoms with E-state index >= 15 is 0 Å². The summed E-state index contributed by atoms with van der Waals surface area (Å²) in [7, 11) is 0. The average Bonchev–Trinajstić information content (AvgIpc) is 2.80. The molecule has 0 aliphatic heterocycles. The lowest BCUT2D eigenvalue weighted by molar-refractivity contribution is -0.135. The summed E-state index contributed by atoms with van der Waals surface area (Å²) in [6.07, 6.45) is -1.50. The van der Waals surface area contributed by atoms with Gasteiger partial charge in [0.2, 0.25) is 0 Å². The number of imidazole rings is 1. The highest BCUT2D eigenvalue weighted by Crippen LogP contribution is 2.21. The summed E-state index contributed by atoms with van der Waals surface area (Å²) in [5, 5.41) is 2.60. The van der Waals surface area contributed by atoms with E-state index in [1.54, 1.807) is 28.8 Å². The highest BCUT2D eigenvalue weighted by atomic mass is 19.4. The molecule has 4 nitrogen and oxygen atoms in total. The summed E-state index contributed by atoms with van der Waals surface area (Å²) in [5.74, 6) is -0.337. The molecule has 0 aliphatic carbocycles. The van der Waals surface area contributed by atoms with Gasteiger partial charge in [-0.1, -0.05) is 6.07 Å². The third kappa shape index (κ3) is 3.72. The number of alkyl halides is 3. The zero-order valence-electron chi connectivity index (χ0n) is 10.7. The highest BCUT2D eigenvalue weighted by Gasteiger charge is 2.25. The summed E-state index contributed by atoms with van der Waals surface area (Å²) in [6.45, 7) is 0.217. The number of unbranched alkanes of at least 4 members (excludes halogenated alkanes) is 1. The molecule has 7 heteroatoms. The van der Waals surface area contributed by atoms with Gasteiger partial charge in [0, 0.05) is 19.2 Å². The number of nitrogens with zero attached hydrogens (tertiary/aromatic N) is 2. The molecule has 0 atom stereocenters. The minimum atomic E-state index is -4.13. The fourth-order valence-corrected chi connectivity index (χ4v) is 1.84. The summed E-state index contributed by atoms with van der Waals surface area (Å²) in [6, 6.07) is 5.34. The van der Waals surface area contributed by atoms with Crippen molar-refractivity contribution in [3.63, 3.8) is 0 Å². The van der Waals surface area contributed by atoms with Crippen LogP contribution < -0.4 is 5.32 Å². The molecule has 0 radical (unpaired) electrons. The molecule has 2 rings (SSSR count). The van der Waals surface area contributed by atoms with Crippen LogP contribution in [0.3, 0.4) is 0 Å². The second-order valence-corrected chi connectivity index (χ2v) is 4.40. The molecule has 0 spiro atoms. The van der Waals surface area contributed by atoms with Crippen LogP contribution in [-0.4, -0.2) is 28.0 Å². The van der Waals surface area contributed by atoms with E-state index in [0.29, 0.717) is 17.8 Å². The predicted octanol–water partition coefficient (Wildman–Crippen LogP) is 2.80. The Labute approximate surface area is 113 Å². The Balaban J connectivity index is 1.84. The zero-order valence-corrected chi connectivity index (χ0v) is 10.7. The first kappa shape index (κ1) is 14.4. The number of fused-ring (bicyclic) bond motifs is 1. The SMILES string of the molecule is O=C(NCCCCC(F)(F)F)c1cnc2ccccn12. The van der Waals surface area contributed by atoms with Crippen molar-refractivity contribution in [3.05, 3.63) is 36.3 Å². The van der Waals surface area contributed by atoms with E-state index in [9.17, 15) is 18.0 Å². The number of hydrogen-bond acceptors (Lipinski definition) is 2. The number of rotatable bonds is 5. The molecule has 0 aliphatic rings. The lowest BCUT2D eigenvalue weighted by Gasteiger charge is -2.07. The van der Waals surface area contributed by atoms with Crippen LogP contribution in [0.4, 0.5) is 13.2 Å². The number of carbonyl (C=O) groups is 1. The predicted molar refractivity (Wildman–Crippen MR) is 67.4 cm³/mol. The topological polar surface area (TPSA) is 46.4 Å². The molecule has 0 fully saturated rings. The van der Waals surface area contributed by atoms with Crippen molar-refractivity contribution in [2.75, 3.05) is 6.54 Å². The number of halogens is 3. The monoisotopic (exact) mass is 285 g/mol. The van der Waals surface area contributed by atoms with Crippen molar-refractivity contribution in [2.45, 2.75) is 25.4 Å². The standard InChI is InChI=1S/C13H14F3N3O/c14-13(15,16)6-2-3-7-17-12(20)10-9-18-11-5-1-4-8-19(10)11/h1,4-5,8-9H,2-3,6-7H2,(H,17,20). The Morgan fingerprint density at radius 3 is 2.85 bits per heavy atom. The fourth-order valence-electron chi connectivity index (χ4n) is 1.84. The maximum atomic E-state index is 11.9. The summed E-state index contributed by atoms with van der Waals surface area (Å²) >= 11 is 0. The molecule has 1 amide bonds. The zero-order chi connectivity index (χ0) is 14.6. The van der Waals surface area contributed by atoms with Crippen LogP contribution in [0.5, 0.6) is 0 Å². The number of carbonyl (C=O) groups excluding carboxylic acids is 1. The van der Waals surface area contributed by atoms with Gasteiger partial charge in [-0.2, -0.15) is 13.2 Å². The minimum Gasteiger partial charge on any atom is -0.351 e. The van der Waals surface area contributed by atoms with Crippen LogP contribution >= 0.6 is 0 Å². The molecule has 0 bridgehead atoms. The molecule has 108 valence electrons. The average molecular weight is 285 g/mol. The van der Waals surface area contributed by atoms with E-state index in [4.69, 9.17) is 0 Å². The van der Waals surface area contributed by atoms with Crippen LogP contribution in [0.15, 0.2) is 30.6 Å². The number of nitrogens with one attached hydrogen (secondary N) is 1. The molecule has 0 unspecified atom stereocenters. The molecule has 0 saturated carbocycles. The van der Waals surface area contributed by atoms with E-state index < -0.39 is 12.6 Å². The van der Waals surface area contributed by atoms with Crippen molar-refractivity contribution < 1.29 is 18.0 Å². The van der Waals surface area contributed by atoms with Crippen molar-refractivity contribution in [1.82, 2.24) is 14.7 Å². The Hall–Kier alpha value is -2.05. The fraction of sp³-hybridized carbons (Fsp3) is 0.385. The van der Waals surface area contributed by atoms with E-state index in [0.717, 1.165) is 0 Å². The number of hydrogen-bond donors (Lipinski definition) is 1. The van der Waals surface area contributed by atoms with E-state index in [1.807, 2.05) is 0 Å². The first-order valence-corrected chi connectivity index (χ1v) is 6.24. The van der Waals surface area contributed by atoms with E-state index in [2.05, 4.69) is 10.3 Å². The second kappa shape index (κ2) is 5.94. The quantitative estimate of drug-likeness (QED) is 0.859. The lowest BCUT2D eigenvalue weighted by atomic mass is 10.2. The van der Waals surface area contributed by atoms with Gasteiger partial charge in [0.25, 0.3) is 5.91 Å². The lowest BCUT2D eigenvalue weighted by Crippen LogP contribution is -2.25. The van der Waals surface area contributed by atoms with Crippen LogP contribution in [0.25, 0.3) is 5.65 Å². The van der Waals surface area contributed by atoms with E-state index in [1.165, 1.54) is 6.20 Å². The van der Waals surface area contributed by atoms with Gasteiger partial charge in [-0.25, -0.2) is 4.98 Å². The van der Waals surface area contributed by atoms with Gasteiger partial charge in [-0.3, -0.25) is 9.20 Å². The molecule has 2 aromatic rings. The molecular formula is C13H14F3N3O. The molecular weight excluding hydrogens is 271 g/mol. The first-order chi connectivity index (χ1) is 9.47. The minimum absolute atomic E-state index is 0.0108. The maximum absolute atomic E-state index is 11.9. The van der Waals surface area contributed by atoms with Gasteiger partial charge in [0.05, 0.1) is 6.20 Å². The van der Waals surface area contributed by atoms with Gasteiger partial charge in [0.1, 0.15) is 11.3 Å². The highest BCUT2D eigenvalue weighted by molar-refractivity contribution is 5.93. The van der Waals surface area contributed by atoms with Crippen molar-refractivity contribution >= 4 is 11.6 Å². The van der Waals surface area contributed by atoms with Crippen LogP contribution in [-0.2, 0) is 0 Å². The number of aromatic nitrogens is 2. The maximum Gasteiger partial charge on any atom is 0.389 e. The van der Waals surface area contributed by atoms with Crippen molar-refractivity contribution in [2.24, 2.45) is 0 Å². The Morgan fingerprint density at radius 2 is 2.10 bits per heavy atom. The Bertz CT molecular complexity index is 592. The van der Waals surface area contributed by atoms with Crippen LogP contribution in [0, 0.1) is 0 Å². The Morgan fingerprint density at radius 1 is 1.30 bits per heavy atom. The normalized spacial score (nSPS) is 11.8. The van der Waals surface area contributed by atoms with E-state index in [-0.39, 0.29) is 18.9 Å². The van der Waals surface area contributed by atoms with Gasteiger partial charge in [0.15, 0.2) is 0 Å². The van der Waals surface area contributed by atoms with Crippen molar-refractivity contribution in [3.8, 4) is 0 Å². The van der Waals surface area contributed by atoms with Gasteiger partial charge in [-0.15, -0.1) is 0 Å². The van der Waals surface area contributed by atoms with Crippen LogP contribution in [0.1, 0.15) is 29.8 Å². The molecule has 0 aromatic carbocycles.